The molecule has 0 fully saturated rings. The molecule has 0 radical (unpaired) electrons. The average Bonchev–Trinajstić information content (AvgIpc) is 2.99. The molecule has 2 N–H and O–H groups in total. The number of nitrogens with one attached hydrogen (secondary N) is 2. The molecule has 0 unspecified atom stereocenters. The second kappa shape index (κ2) is 7.70. The molecule has 1 aliphatic heterocycles. The van der Waals surface area contributed by atoms with Crippen LogP contribution in [0.3, 0.4) is 0 Å². The van der Waals surface area contributed by atoms with Crippen LogP contribution in [0, 0.1) is 6.92 Å². The van der Waals surface area contributed by atoms with E-state index in [2.05, 4.69) is 22.7 Å². The van der Waals surface area contributed by atoms with Crippen molar-refractivity contribution < 1.29 is 9.53 Å². The Morgan fingerprint density at radius 3 is 2.96 bits per heavy atom. The molecule has 1 aliphatic rings. The van der Waals surface area contributed by atoms with E-state index in [1.165, 1.54) is 0 Å². The highest BCUT2D eigenvalue weighted by atomic mass is 16.5. The molecule has 6 nitrogen and oxygen atoms in total. The molecule has 1 amide bonds. The Kier molecular flexibility index (Phi) is 5.38. The zero-order chi connectivity index (χ0) is 17.8. The summed E-state index contributed by atoms with van der Waals surface area (Å²) in [6.07, 6.45) is 4.63. The lowest BCUT2D eigenvalue weighted by Crippen LogP contribution is -2.48. The van der Waals surface area contributed by atoms with Crippen LogP contribution in [0.15, 0.2) is 36.7 Å². The van der Waals surface area contributed by atoms with E-state index >= 15 is 0 Å². The van der Waals surface area contributed by atoms with Gasteiger partial charge in [0.1, 0.15) is 5.75 Å². The van der Waals surface area contributed by atoms with Gasteiger partial charge in [-0.05, 0) is 32.4 Å². The van der Waals surface area contributed by atoms with Gasteiger partial charge < -0.3 is 15.4 Å². The van der Waals surface area contributed by atoms with E-state index in [0.717, 1.165) is 29.8 Å². The molecule has 0 saturated carbocycles. The second-order valence-electron chi connectivity index (χ2n) is 6.77. The number of ether oxygens (including phenoxy) is 1. The van der Waals surface area contributed by atoms with Crippen molar-refractivity contribution in [3.8, 4) is 5.75 Å². The van der Waals surface area contributed by atoms with Crippen molar-refractivity contribution >= 4 is 5.91 Å². The summed E-state index contributed by atoms with van der Waals surface area (Å²) in [5.74, 6) is 0.868. The number of fused-ring (bicyclic) bond motifs is 1. The predicted octanol–water partition coefficient (Wildman–Crippen LogP) is 2.20. The molecular weight excluding hydrogens is 316 g/mol. The maximum absolute atomic E-state index is 12.6. The molecule has 2 aromatic rings. The molecule has 3 rings (SSSR count). The van der Waals surface area contributed by atoms with Crippen LogP contribution in [0.25, 0.3) is 0 Å². The zero-order valence-electron chi connectivity index (χ0n) is 15.0. The van der Waals surface area contributed by atoms with Crippen LogP contribution in [-0.2, 0) is 11.3 Å². The maximum Gasteiger partial charge on any atom is 0.237 e. The largest absolute Gasteiger partial charge is 0.493 e. The number of aromatic nitrogens is 2. The van der Waals surface area contributed by atoms with Crippen molar-refractivity contribution in [1.82, 2.24) is 20.4 Å². The predicted molar refractivity (Wildman–Crippen MR) is 96.5 cm³/mol. The van der Waals surface area contributed by atoms with Crippen LogP contribution in [0.4, 0.5) is 0 Å². The highest BCUT2D eigenvalue weighted by Gasteiger charge is 2.25. The summed E-state index contributed by atoms with van der Waals surface area (Å²) in [4.78, 5) is 12.6. The van der Waals surface area contributed by atoms with E-state index in [9.17, 15) is 4.79 Å². The first-order valence-corrected chi connectivity index (χ1v) is 8.80. The number of amides is 1. The van der Waals surface area contributed by atoms with Crippen molar-refractivity contribution in [2.45, 2.75) is 51.9 Å². The Labute approximate surface area is 148 Å². The number of nitrogens with zero attached hydrogens (tertiary/aromatic N) is 2. The summed E-state index contributed by atoms with van der Waals surface area (Å²) in [5, 5.41) is 10.8. The van der Waals surface area contributed by atoms with Gasteiger partial charge in [0.15, 0.2) is 0 Å². The highest BCUT2D eigenvalue weighted by Crippen LogP contribution is 2.31. The fraction of sp³-hybridized carbons (Fsp3) is 0.474. The first kappa shape index (κ1) is 17.5. The number of carbonyl (C=O) groups is 1. The van der Waals surface area contributed by atoms with Crippen molar-refractivity contribution in [2.24, 2.45) is 0 Å². The Balaban J connectivity index is 1.54. The Hall–Kier alpha value is -2.34. The maximum atomic E-state index is 12.6. The topological polar surface area (TPSA) is 68.2 Å². The molecule has 2 heterocycles. The highest BCUT2D eigenvalue weighted by molar-refractivity contribution is 5.81. The third-order valence-corrected chi connectivity index (χ3v) is 4.43. The lowest BCUT2D eigenvalue weighted by atomic mass is 10.0. The van der Waals surface area contributed by atoms with E-state index in [0.29, 0.717) is 6.61 Å². The standard InChI is InChI=1S/C19H26N4O2/c1-13-10-20-23(11-13)12-14(2)21-15(3)19(24)22-17-8-9-25-18-7-5-4-6-16(17)18/h4-7,10-11,14-15,17,21H,8-9,12H2,1-3H3,(H,22,24)/t14-,15-,17+/m0/s1. The molecule has 1 aromatic carbocycles. The van der Waals surface area contributed by atoms with Crippen LogP contribution >= 0.6 is 0 Å². The van der Waals surface area contributed by atoms with Crippen LogP contribution in [0.5, 0.6) is 5.75 Å². The van der Waals surface area contributed by atoms with Gasteiger partial charge in [-0.1, -0.05) is 18.2 Å². The fourth-order valence-corrected chi connectivity index (χ4v) is 3.19. The fourth-order valence-electron chi connectivity index (χ4n) is 3.19. The first-order valence-electron chi connectivity index (χ1n) is 8.80. The van der Waals surface area contributed by atoms with Crippen molar-refractivity contribution in [1.29, 1.82) is 0 Å². The quantitative estimate of drug-likeness (QED) is 0.844. The molecule has 0 aliphatic carbocycles. The van der Waals surface area contributed by atoms with Gasteiger partial charge in [0.05, 0.1) is 31.4 Å². The summed E-state index contributed by atoms with van der Waals surface area (Å²) in [7, 11) is 0. The van der Waals surface area contributed by atoms with E-state index in [4.69, 9.17) is 4.74 Å². The molecule has 25 heavy (non-hydrogen) atoms. The van der Waals surface area contributed by atoms with Crippen LogP contribution in [-0.4, -0.2) is 34.4 Å². The van der Waals surface area contributed by atoms with E-state index in [-0.39, 0.29) is 24.0 Å². The van der Waals surface area contributed by atoms with Crippen LogP contribution in [0.2, 0.25) is 0 Å². The van der Waals surface area contributed by atoms with Crippen molar-refractivity contribution in [3.05, 3.63) is 47.8 Å². The molecule has 6 heteroatoms. The van der Waals surface area contributed by atoms with Gasteiger partial charge in [-0.2, -0.15) is 5.10 Å². The van der Waals surface area contributed by atoms with Crippen LogP contribution in [0.1, 0.15) is 37.4 Å². The summed E-state index contributed by atoms with van der Waals surface area (Å²) in [6, 6.07) is 7.76. The lowest BCUT2D eigenvalue weighted by molar-refractivity contribution is -0.123. The van der Waals surface area contributed by atoms with E-state index < -0.39 is 0 Å². The second-order valence-corrected chi connectivity index (χ2v) is 6.77. The third-order valence-electron chi connectivity index (χ3n) is 4.43. The summed E-state index contributed by atoms with van der Waals surface area (Å²) < 4.78 is 7.55. The summed E-state index contributed by atoms with van der Waals surface area (Å²) in [6.45, 7) is 7.32. The molecule has 0 bridgehead atoms. The minimum absolute atomic E-state index is 0.00481. The number of hydrogen-bond acceptors (Lipinski definition) is 4. The number of hydrogen-bond donors (Lipinski definition) is 2. The minimum atomic E-state index is -0.276. The minimum Gasteiger partial charge on any atom is -0.493 e. The molecule has 1 aromatic heterocycles. The Bertz CT molecular complexity index is 728. The van der Waals surface area contributed by atoms with Gasteiger partial charge >= 0.3 is 0 Å². The zero-order valence-corrected chi connectivity index (χ0v) is 15.0. The SMILES string of the molecule is Cc1cnn(C[C@H](C)N[C@@H](C)C(=O)N[C@@H]2CCOc3ccccc32)c1. The number of rotatable bonds is 6. The molecular formula is C19H26N4O2. The van der Waals surface area contributed by atoms with Gasteiger partial charge in [0.25, 0.3) is 0 Å². The third kappa shape index (κ3) is 4.39. The van der Waals surface area contributed by atoms with Crippen LogP contribution < -0.4 is 15.4 Å². The van der Waals surface area contributed by atoms with E-state index in [1.807, 2.05) is 55.2 Å². The molecule has 3 atom stereocenters. The monoisotopic (exact) mass is 342 g/mol. The Morgan fingerprint density at radius 1 is 1.40 bits per heavy atom. The number of carbonyl (C=O) groups excluding carboxylic acids is 1. The summed E-state index contributed by atoms with van der Waals surface area (Å²) in [5.41, 5.74) is 2.19. The smallest absolute Gasteiger partial charge is 0.237 e. The van der Waals surface area contributed by atoms with Gasteiger partial charge in [-0.25, -0.2) is 0 Å². The molecule has 134 valence electrons. The van der Waals surface area contributed by atoms with Crippen molar-refractivity contribution in [2.75, 3.05) is 6.61 Å². The average molecular weight is 342 g/mol. The summed E-state index contributed by atoms with van der Waals surface area (Å²) >= 11 is 0. The van der Waals surface area contributed by atoms with Gasteiger partial charge in [-0.3, -0.25) is 9.48 Å². The number of benzene rings is 1. The van der Waals surface area contributed by atoms with Gasteiger partial charge in [0, 0.05) is 24.2 Å². The number of para-hydroxylation sites is 1. The van der Waals surface area contributed by atoms with Gasteiger partial charge in [0.2, 0.25) is 5.91 Å². The first-order chi connectivity index (χ1) is 12.0. The number of aryl methyl sites for hydroxylation is 1. The van der Waals surface area contributed by atoms with E-state index in [1.54, 1.807) is 0 Å². The Morgan fingerprint density at radius 2 is 2.20 bits per heavy atom. The lowest BCUT2D eigenvalue weighted by Gasteiger charge is -2.28. The normalized spacial score (nSPS) is 18.8. The van der Waals surface area contributed by atoms with Gasteiger partial charge in [-0.15, -0.1) is 0 Å². The molecule has 0 saturated heterocycles. The molecule has 0 spiro atoms. The van der Waals surface area contributed by atoms with Crippen molar-refractivity contribution in [3.63, 3.8) is 0 Å².